The molecular formula is C23H20ClF2N5O3S. The molecule has 4 aromatic rings. The van der Waals surface area contributed by atoms with Crippen LogP contribution in [0.25, 0.3) is 22.2 Å². The number of nitrogens with one attached hydrogen (secondary N) is 1. The number of pyridine rings is 1. The maximum atomic E-state index is 14.9. The Kier molecular flexibility index (Phi) is 6.48. The second-order valence-corrected chi connectivity index (χ2v) is 10.3. The van der Waals surface area contributed by atoms with E-state index in [1.54, 1.807) is 13.8 Å². The second kappa shape index (κ2) is 9.23. The summed E-state index contributed by atoms with van der Waals surface area (Å²) in [7, 11) is -4.15. The number of nitrogens with zero attached hydrogens (tertiary/aromatic N) is 3. The number of benzene rings is 2. The monoisotopic (exact) mass is 519 g/mol. The molecule has 0 saturated heterocycles. The summed E-state index contributed by atoms with van der Waals surface area (Å²) in [5.74, 6) is -2.89. The van der Waals surface area contributed by atoms with E-state index < -0.39 is 38.7 Å². The third-order valence-electron chi connectivity index (χ3n) is 5.19. The number of rotatable bonds is 6. The topological polar surface area (TPSA) is 120 Å². The molecule has 8 nitrogen and oxygen atoms in total. The summed E-state index contributed by atoms with van der Waals surface area (Å²) in [4.78, 5) is 21.2. The third-order valence-corrected chi connectivity index (χ3v) is 6.67. The molecule has 35 heavy (non-hydrogen) atoms. The summed E-state index contributed by atoms with van der Waals surface area (Å²) >= 11 is 5.80. The van der Waals surface area contributed by atoms with Crippen molar-refractivity contribution in [2.24, 2.45) is 0 Å². The van der Waals surface area contributed by atoms with Crippen molar-refractivity contribution >= 4 is 44.3 Å². The van der Waals surface area contributed by atoms with E-state index in [4.69, 9.17) is 17.3 Å². The minimum atomic E-state index is -4.15. The maximum absolute atomic E-state index is 14.9. The first-order valence-electron chi connectivity index (χ1n) is 10.4. The Morgan fingerprint density at radius 2 is 1.74 bits per heavy atom. The average molecular weight is 520 g/mol. The van der Waals surface area contributed by atoms with Crippen LogP contribution in [0.2, 0.25) is 5.02 Å². The number of halogens is 3. The van der Waals surface area contributed by atoms with Gasteiger partial charge in [-0.25, -0.2) is 22.2 Å². The van der Waals surface area contributed by atoms with Crippen LogP contribution in [-0.2, 0) is 15.8 Å². The Bertz CT molecular complexity index is 1580. The smallest absolute Gasteiger partial charge is 0.260 e. The summed E-state index contributed by atoms with van der Waals surface area (Å²) in [6.07, 6.45) is 1.41. The van der Waals surface area contributed by atoms with Crippen molar-refractivity contribution in [1.29, 1.82) is 0 Å². The number of fused-ring (bicyclic) bond motifs is 1. The maximum Gasteiger partial charge on any atom is 0.260 e. The zero-order valence-electron chi connectivity index (χ0n) is 18.6. The molecule has 0 bridgehead atoms. The quantitative estimate of drug-likeness (QED) is 0.387. The molecule has 2 heterocycles. The number of hydrogen-bond donors (Lipinski definition) is 2. The van der Waals surface area contributed by atoms with Gasteiger partial charge in [-0.2, -0.15) is 4.98 Å². The zero-order valence-corrected chi connectivity index (χ0v) is 20.2. The highest BCUT2D eigenvalue weighted by Gasteiger charge is 2.21. The van der Waals surface area contributed by atoms with Gasteiger partial charge < -0.3 is 5.73 Å². The van der Waals surface area contributed by atoms with E-state index in [0.717, 1.165) is 12.1 Å². The molecule has 0 fully saturated rings. The molecule has 0 saturated carbocycles. The molecule has 4 rings (SSSR count). The van der Waals surface area contributed by atoms with Crippen molar-refractivity contribution < 1.29 is 17.2 Å². The summed E-state index contributed by atoms with van der Waals surface area (Å²) in [6.45, 7) is 3.51. The summed E-state index contributed by atoms with van der Waals surface area (Å²) in [5, 5.41) is 0.864. The molecule has 0 aliphatic carbocycles. The van der Waals surface area contributed by atoms with E-state index >= 15 is 0 Å². The average Bonchev–Trinajstić information content (AvgIpc) is 2.77. The van der Waals surface area contributed by atoms with Gasteiger partial charge in [0.25, 0.3) is 5.56 Å². The van der Waals surface area contributed by atoms with Crippen LogP contribution in [0, 0.1) is 11.6 Å². The van der Waals surface area contributed by atoms with Crippen LogP contribution in [0.3, 0.4) is 0 Å². The normalized spacial score (nSPS) is 11.8. The number of hydrogen-bond acceptors (Lipinski definition) is 6. The minimum Gasteiger partial charge on any atom is -0.368 e. The summed E-state index contributed by atoms with van der Waals surface area (Å²) < 4.78 is 58.2. The molecule has 182 valence electrons. The number of aromatic nitrogens is 3. The third kappa shape index (κ3) is 5.10. The van der Waals surface area contributed by atoms with Gasteiger partial charge in [-0.05, 0) is 55.3 Å². The lowest BCUT2D eigenvalue weighted by Crippen LogP contribution is -2.25. The predicted octanol–water partition coefficient (Wildman–Crippen LogP) is 4.50. The van der Waals surface area contributed by atoms with Crippen molar-refractivity contribution in [1.82, 2.24) is 14.5 Å². The van der Waals surface area contributed by atoms with Crippen LogP contribution in [0.5, 0.6) is 0 Å². The first-order valence-corrected chi connectivity index (χ1v) is 12.4. The van der Waals surface area contributed by atoms with Crippen molar-refractivity contribution in [2.75, 3.05) is 10.5 Å². The molecule has 0 unspecified atom stereocenters. The second-order valence-electron chi connectivity index (χ2n) is 8.14. The van der Waals surface area contributed by atoms with E-state index in [1.165, 1.54) is 41.1 Å². The number of nitrogen functional groups attached to an aromatic ring is 1. The van der Waals surface area contributed by atoms with E-state index in [9.17, 15) is 22.0 Å². The molecule has 0 radical (unpaired) electrons. The fourth-order valence-electron chi connectivity index (χ4n) is 3.64. The van der Waals surface area contributed by atoms with E-state index in [0.29, 0.717) is 16.0 Å². The predicted molar refractivity (Wildman–Crippen MR) is 132 cm³/mol. The highest BCUT2D eigenvalue weighted by atomic mass is 35.5. The van der Waals surface area contributed by atoms with E-state index in [1.807, 2.05) is 4.72 Å². The highest BCUT2D eigenvalue weighted by molar-refractivity contribution is 7.91. The SMILES string of the molecule is CC(C)n1c(=O)c(-c2cc(F)c(NS(=O)(=O)Cc3ccc(Cl)cc3)c(F)c2)cc2cnc(N)nc21. The first-order chi connectivity index (χ1) is 16.4. The molecular weight excluding hydrogens is 500 g/mol. The number of anilines is 2. The highest BCUT2D eigenvalue weighted by Crippen LogP contribution is 2.29. The lowest BCUT2D eigenvalue weighted by molar-refractivity contribution is 0.582. The van der Waals surface area contributed by atoms with Crippen LogP contribution in [-0.4, -0.2) is 23.0 Å². The molecule has 2 aromatic carbocycles. The molecule has 0 atom stereocenters. The lowest BCUT2D eigenvalue weighted by atomic mass is 10.0. The van der Waals surface area contributed by atoms with Crippen molar-refractivity contribution in [3.8, 4) is 11.1 Å². The Hall–Kier alpha value is -3.57. The Labute approximate surface area is 204 Å². The molecule has 3 N–H and O–H groups in total. The zero-order chi connectivity index (χ0) is 25.5. The molecule has 12 heteroatoms. The van der Waals surface area contributed by atoms with E-state index in [2.05, 4.69) is 9.97 Å². The van der Waals surface area contributed by atoms with Gasteiger partial charge in [-0.3, -0.25) is 14.1 Å². The van der Waals surface area contributed by atoms with Gasteiger partial charge in [0.05, 0.1) is 5.75 Å². The molecule has 0 aliphatic heterocycles. The largest absolute Gasteiger partial charge is 0.368 e. The van der Waals surface area contributed by atoms with Crippen LogP contribution in [0.1, 0.15) is 25.5 Å². The van der Waals surface area contributed by atoms with Crippen LogP contribution < -0.4 is 16.0 Å². The Balaban J connectivity index is 1.75. The van der Waals surface area contributed by atoms with Crippen molar-refractivity contribution in [3.05, 3.63) is 81.2 Å². The first kappa shape index (κ1) is 24.6. The van der Waals surface area contributed by atoms with Gasteiger partial charge in [0.2, 0.25) is 16.0 Å². The van der Waals surface area contributed by atoms with Crippen LogP contribution >= 0.6 is 11.6 Å². The fraction of sp³-hybridized carbons (Fsp3) is 0.174. The van der Waals surface area contributed by atoms with Gasteiger partial charge in [0.1, 0.15) is 11.3 Å². The van der Waals surface area contributed by atoms with Gasteiger partial charge in [0, 0.05) is 28.2 Å². The van der Waals surface area contributed by atoms with Gasteiger partial charge in [0.15, 0.2) is 11.6 Å². The molecule has 0 spiro atoms. The van der Waals surface area contributed by atoms with Crippen molar-refractivity contribution in [3.63, 3.8) is 0 Å². The van der Waals surface area contributed by atoms with Gasteiger partial charge >= 0.3 is 0 Å². The number of sulfonamides is 1. The molecule has 0 aliphatic rings. The minimum absolute atomic E-state index is 0.00653. The number of nitrogens with two attached hydrogens (primary N) is 1. The fourth-order valence-corrected chi connectivity index (χ4v) is 4.97. The Morgan fingerprint density at radius 1 is 1.11 bits per heavy atom. The lowest BCUT2D eigenvalue weighted by Gasteiger charge is -2.16. The van der Waals surface area contributed by atoms with Gasteiger partial charge in [-0.1, -0.05) is 23.7 Å². The van der Waals surface area contributed by atoms with Crippen molar-refractivity contribution in [2.45, 2.75) is 25.6 Å². The standard InChI is InChI=1S/C23H20ClF2N5O3S/c1-12(2)31-21-15(10-28-23(27)29-21)7-17(22(31)32)14-8-18(25)20(19(26)9-14)30-35(33,34)11-13-3-5-16(24)6-4-13/h3-10,12,30H,11H2,1-2H3,(H2,27,28,29). The van der Waals surface area contributed by atoms with Crippen LogP contribution in [0.15, 0.2) is 53.5 Å². The van der Waals surface area contributed by atoms with Crippen LogP contribution in [0.4, 0.5) is 20.4 Å². The van der Waals surface area contributed by atoms with E-state index in [-0.39, 0.29) is 28.8 Å². The van der Waals surface area contributed by atoms with Gasteiger partial charge in [-0.15, -0.1) is 0 Å². The Morgan fingerprint density at radius 3 is 2.34 bits per heavy atom. The summed E-state index contributed by atoms with van der Waals surface area (Å²) in [6, 6.07) is 8.87. The molecule has 2 aromatic heterocycles. The summed E-state index contributed by atoms with van der Waals surface area (Å²) in [5.41, 5.74) is 4.86. The molecule has 0 amide bonds.